The van der Waals surface area contributed by atoms with E-state index < -0.39 is 0 Å². The van der Waals surface area contributed by atoms with Crippen LogP contribution < -0.4 is 10.1 Å². The summed E-state index contributed by atoms with van der Waals surface area (Å²) >= 11 is 0. The predicted octanol–water partition coefficient (Wildman–Crippen LogP) is 0.925. The van der Waals surface area contributed by atoms with E-state index in [1.54, 1.807) is 19.5 Å². The highest BCUT2D eigenvalue weighted by atomic mass is 16.5. The molecule has 0 spiro atoms. The second-order valence-corrected chi connectivity index (χ2v) is 3.77. The Kier molecular flexibility index (Phi) is 3.69. The molecule has 5 heteroatoms. The summed E-state index contributed by atoms with van der Waals surface area (Å²) in [5.74, 6) is 0.567. The fraction of sp³-hybridized carbons (Fsp3) is 0.636. The van der Waals surface area contributed by atoms with Crippen LogP contribution in [0.2, 0.25) is 0 Å². The van der Waals surface area contributed by atoms with Crippen LogP contribution in [0.4, 0.5) is 0 Å². The molecule has 1 aromatic heterocycles. The van der Waals surface area contributed by atoms with Crippen LogP contribution >= 0.6 is 0 Å². The van der Waals surface area contributed by atoms with Gasteiger partial charge in [0.2, 0.25) is 5.88 Å². The van der Waals surface area contributed by atoms with E-state index in [-0.39, 0.29) is 12.1 Å². The van der Waals surface area contributed by atoms with Gasteiger partial charge in [0, 0.05) is 19.0 Å². The number of nitrogens with zero attached hydrogens (tertiary/aromatic N) is 2. The number of rotatable bonds is 4. The molecule has 1 aromatic rings. The molecule has 2 unspecified atom stereocenters. The van der Waals surface area contributed by atoms with Gasteiger partial charge in [-0.15, -0.1) is 0 Å². The van der Waals surface area contributed by atoms with E-state index in [4.69, 9.17) is 9.47 Å². The van der Waals surface area contributed by atoms with Crippen molar-refractivity contribution in [1.29, 1.82) is 0 Å². The van der Waals surface area contributed by atoms with Crippen molar-refractivity contribution in [3.8, 4) is 5.88 Å². The molecular formula is C11H17N3O2. The molecule has 88 valence electrons. The van der Waals surface area contributed by atoms with E-state index in [1.807, 2.05) is 7.05 Å². The molecular weight excluding hydrogens is 206 g/mol. The highest BCUT2D eigenvalue weighted by Gasteiger charge is 2.29. The van der Waals surface area contributed by atoms with Gasteiger partial charge >= 0.3 is 0 Å². The summed E-state index contributed by atoms with van der Waals surface area (Å²) in [6.45, 7) is 0.825. The molecule has 1 aliphatic heterocycles. The van der Waals surface area contributed by atoms with Gasteiger partial charge in [-0.1, -0.05) is 0 Å². The number of ether oxygens (including phenoxy) is 2. The zero-order chi connectivity index (χ0) is 11.4. The number of likely N-dealkylation sites (N-methyl/N-ethyl adjacent to an activating group) is 1. The normalized spacial score (nSPS) is 22.0. The van der Waals surface area contributed by atoms with Crippen molar-refractivity contribution in [3.63, 3.8) is 0 Å². The van der Waals surface area contributed by atoms with Crippen LogP contribution in [-0.4, -0.2) is 36.8 Å². The van der Waals surface area contributed by atoms with Gasteiger partial charge in [-0.3, -0.25) is 4.98 Å². The van der Waals surface area contributed by atoms with Crippen LogP contribution in [0, 0.1) is 0 Å². The van der Waals surface area contributed by atoms with E-state index in [9.17, 15) is 0 Å². The Morgan fingerprint density at radius 3 is 2.94 bits per heavy atom. The molecule has 1 aliphatic rings. The Balaban J connectivity index is 2.24. The molecule has 1 fully saturated rings. The first-order valence-electron chi connectivity index (χ1n) is 5.50. The maximum Gasteiger partial charge on any atom is 0.237 e. The van der Waals surface area contributed by atoms with E-state index in [1.165, 1.54) is 0 Å². The Labute approximate surface area is 95.2 Å². The minimum absolute atomic E-state index is 0.0474. The first-order chi connectivity index (χ1) is 7.86. The summed E-state index contributed by atoms with van der Waals surface area (Å²) < 4.78 is 10.9. The number of aromatic nitrogens is 2. The van der Waals surface area contributed by atoms with Gasteiger partial charge in [-0.25, -0.2) is 4.98 Å². The largest absolute Gasteiger partial charge is 0.480 e. The zero-order valence-corrected chi connectivity index (χ0v) is 9.64. The highest BCUT2D eigenvalue weighted by Crippen LogP contribution is 2.29. The summed E-state index contributed by atoms with van der Waals surface area (Å²) in [7, 11) is 3.51. The lowest BCUT2D eigenvalue weighted by molar-refractivity contribution is 0.0783. The Morgan fingerprint density at radius 2 is 2.31 bits per heavy atom. The Morgan fingerprint density at radius 1 is 1.50 bits per heavy atom. The molecule has 0 radical (unpaired) electrons. The van der Waals surface area contributed by atoms with Crippen molar-refractivity contribution in [3.05, 3.63) is 18.1 Å². The second-order valence-electron chi connectivity index (χ2n) is 3.77. The van der Waals surface area contributed by atoms with Gasteiger partial charge in [0.05, 0.1) is 19.3 Å². The van der Waals surface area contributed by atoms with Crippen molar-refractivity contribution in [1.82, 2.24) is 15.3 Å². The lowest BCUT2D eigenvalue weighted by Gasteiger charge is -2.22. The second kappa shape index (κ2) is 5.23. The fourth-order valence-corrected chi connectivity index (χ4v) is 2.07. The molecule has 0 amide bonds. The minimum atomic E-state index is 0.0474. The monoisotopic (exact) mass is 223 g/mol. The zero-order valence-electron chi connectivity index (χ0n) is 9.64. The third kappa shape index (κ3) is 2.15. The summed E-state index contributed by atoms with van der Waals surface area (Å²) in [6, 6.07) is 0.0474. The molecule has 0 saturated carbocycles. The molecule has 1 N–H and O–H groups in total. The third-order valence-corrected chi connectivity index (χ3v) is 2.83. The minimum Gasteiger partial charge on any atom is -0.480 e. The lowest BCUT2D eigenvalue weighted by Crippen LogP contribution is -2.30. The Bertz CT molecular complexity index is 340. The van der Waals surface area contributed by atoms with Crippen LogP contribution in [0.1, 0.15) is 24.6 Å². The molecule has 5 nitrogen and oxygen atoms in total. The summed E-state index contributed by atoms with van der Waals surface area (Å²) in [4.78, 5) is 8.49. The van der Waals surface area contributed by atoms with Gasteiger partial charge in [-0.2, -0.15) is 0 Å². The fourth-order valence-electron chi connectivity index (χ4n) is 2.07. The highest BCUT2D eigenvalue weighted by molar-refractivity contribution is 5.22. The lowest BCUT2D eigenvalue weighted by atomic mass is 10.0. The van der Waals surface area contributed by atoms with Crippen LogP contribution in [0.15, 0.2) is 12.4 Å². The first-order valence-corrected chi connectivity index (χ1v) is 5.50. The molecule has 0 aromatic carbocycles. The smallest absolute Gasteiger partial charge is 0.237 e. The number of nitrogens with one attached hydrogen (secondary N) is 1. The van der Waals surface area contributed by atoms with E-state index in [0.29, 0.717) is 5.88 Å². The quantitative estimate of drug-likeness (QED) is 0.822. The average molecular weight is 223 g/mol. The van der Waals surface area contributed by atoms with Gasteiger partial charge < -0.3 is 14.8 Å². The number of hydrogen-bond acceptors (Lipinski definition) is 5. The van der Waals surface area contributed by atoms with E-state index in [0.717, 1.165) is 25.1 Å². The number of hydrogen-bond donors (Lipinski definition) is 1. The predicted molar refractivity (Wildman–Crippen MR) is 59.4 cm³/mol. The maximum atomic E-state index is 5.67. The Hall–Kier alpha value is -1.20. The van der Waals surface area contributed by atoms with Crippen LogP contribution in [0.3, 0.4) is 0 Å². The first kappa shape index (κ1) is 11.3. The molecule has 1 saturated heterocycles. The van der Waals surface area contributed by atoms with Crippen molar-refractivity contribution < 1.29 is 9.47 Å². The van der Waals surface area contributed by atoms with Crippen LogP contribution in [-0.2, 0) is 4.74 Å². The van der Waals surface area contributed by atoms with Crippen molar-refractivity contribution in [2.75, 3.05) is 20.8 Å². The molecule has 0 bridgehead atoms. The summed E-state index contributed by atoms with van der Waals surface area (Å²) in [6.07, 6.45) is 5.62. The molecule has 0 aliphatic carbocycles. The van der Waals surface area contributed by atoms with Crippen molar-refractivity contribution in [2.24, 2.45) is 0 Å². The van der Waals surface area contributed by atoms with Gasteiger partial charge in [0.1, 0.15) is 5.69 Å². The summed E-state index contributed by atoms with van der Waals surface area (Å²) in [5, 5.41) is 3.23. The molecule has 16 heavy (non-hydrogen) atoms. The van der Waals surface area contributed by atoms with Crippen molar-refractivity contribution >= 4 is 0 Å². The van der Waals surface area contributed by atoms with Gasteiger partial charge in [0.15, 0.2) is 0 Å². The van der Waals surface area contributed by atoms with E-state index >= 15 is 0 Å². The summed E-state index contributed by atoms with van der Waals surface area (Å²) in [5.41, 5.74) is 0.819. The maximum absolute atomic E-state index is 5.67. The molecule has 2 atom stereocenters. The number of methoxy groups -OCH3 is 1. The SMILES string of the molecule is CNC(c1nccnc1OC)C1CCCO1. The van der Waals surface area contributed by atoms with E-state index in [2.05, 4.69) is 15.3 Å². The topological polar surface area (TPSA) is 56.3 Å². The van der Waals surface area contributed by atoms with Crippen LogP contribution in [0.5, 0.6) is 5.88 Å². The van der Waals surface area contributed by atoms with Gasteiger partial charge in [0.25, 0.3) is 0 Å². The molecule has 2 rings (SSSR count). The van der Waals surface area contributed by atoms with Crippen molar-refractivity contribution in [2.45, 2.75) is 25.0 Å². The third-order valence-electron chi connectivity index (χ3n) is 2.83. The van der Waals surface area contributed by atoms with Crippen LogP contribution in [0.25, 0.3) is 0 Å². The molecule has 2 heterocycles. The standard InChI is InChI=1S/C11H17N3O2/c1-12-9(8-4-3-7-16-8)10-11(15-2)14-6-5-13-10/h5-6,8-9,12H,3-4,7H2,1-2H3. The van der Waals surface area contributed by atoms with Gasteiger partial charge in [-0.05, 0) is 19.9 Å². The average Bonchev–Trinajstić information content (AvgIpc) is 2.84.